The van der Waals surface area contributed by atoms with Crippen molar-refractivity contribution in [2.24, 2.45) is 5.41 Å². The van der Waals surface area contributed by atoms with Gasteiger partial charge >= 0.3 is 0 Å². The number of aliphatic hydroxyl groups excluding tert-OH is 1. The molecule has 1 saturated heterocycles. The Morgan fingerprint density at radius 3 is 2.31 bits per heavy atom. The molecule has 2 fully saturated rings. The van der Waals surface area contributed by atoms with Crippen molar-refractivity contribution < 1.29 is 19.4 Å². The molecule has 6 heteroatoms. The molecule has 0 radical (unpaired) electrons. The second-order valence-corrected chi connectivity index (χ2v) is 8.04. The van der Waals surface area contributed by atoms with Crippen LogP contribution in [0, 0.1) is 5.41 Å². The Balaban J connectivity index is 1.46. The minimum absolute atomic E-state index is 0.00830. The number of hydrogen-bond donors (Lipinski definition) is 1. The monoisotopic (exact) mass is 379 g/mol. The van der Waals surface area contributed by atoms with Crippen LogP contribution in [0.15, 0.2) is 24.3 Å². The van der Waals surface area contributed by atoms with Gasteiger partial charge in [-0.05, 0) is 36.0 Å². The normalized spacial score (nSPS) is 21.2. The molecule has 1 atom stereocenters. The Kier molecular flexibility index (Phi) is 6.33. The number of likely N-dealkylation sites (tertiary alicyclic amines) is 1. The van der Waals surface area contributed by atoms with Crippen LogP contribution in [0.4, 0.5) is 0 Å². The Hall–Kier alpha value is -1.43. The van der Waals surface area contributed by atoms with Gasteiger partial charge in [0.1, 0.15) is 0 Å². The van der Waals surface area contributed by atoms with E-state index in [1.54, 1.807) is 12.1 Å². The Morgan fingerprint density at radius 2 is 1.69 bits per heavy atom. The van der Waals surface area contributed by atoms with Gasteiger partial charge < -0.3 is 9.84 Å². The number of piperidine rings is 1. The summed E-state index contributed by atoms with van der Waals surface area (Å²) in [5.74, 6) is -0.306. The number of nitrogens with zero attached hydrogens (tertiary/aromatic N) is 1. The number of amides is 2. The Morgan fingerprint density at radius 1 is 1.08 bits per heavy atom. The molecule has 0 unspecified atom stereocenters. The van der Waals surface area contributed by atoms with Gasteiger partial charge in [0.15, 0.2) is 0 Å². The molecule has 0 aromatic heterocycles. The summed E-state index contributed by atoms with van der Waals surface area (Å²) in [6.45, 7) is 0.429. The van der Waals surface area contributed by atoms with Gasteiger partial charge in [-0.1, -0.05) is 43.0 Å². The first-order chi connectivity index (χ1) is 12.5. The van der Waals surface area contributed by atoms with Crippen LogP contribution in [0.1, 0.15) is 50.5 Å². The van der Waals surface area contributed by atoms with Gasteiger partial charge in [-0.15, -0.1) is 0 Å². The van der Waals surface area contributed by atoms with Crippen molar-refractivity contribution in [1.82, 2.24) is 4.90 Å². The first-order valence-electron chi connectivity index (χ1n) is 9.31. The predicted octanol–water partition coefficient (Wildman–Crippen LogP) is 3.32. The summed E-state index contributed by atoms with van der Waals surface area (Å²) in [4.78, 5) is 26.2. The third kappa shape index (κ3) is 4.84. The number of rotatable bonds is 6. The van der Waals surface area contributed by atoms with Crippen molar-refractivity contribution in [3.05, 3.63) is 34.9 Å². The molecule has 1 aliphatic carbocycles. The highest BCUT2D eigenvalue weighted by molar-refractivity contribution is 6.30. The van der Waals surface area contributed by atoms with Crippen LogP contribution in [-0.2, 0) is 20.9 Å². The number of aliphatic hydroxyl groups is 1. The maximum absolute atomic E-state index is 12.5. The number of imide groups is 1. The van der Waals surface area contributed by atoms with Crippen molar-refractivity contribution in [1.29, 1.82) is 0 Å². The first kappa shape index (κ1) is 19.3. The molecular weight excluding hydrogens is 354 g/mol. The van der Waals surface area contributed by atoms with Gasteiger partial charge in [0, 0.05) is 17.9 Å². The number of benzene rings is 1. The molecule has 142 valence electrons. The van der Waals surface area contributed by atoms with Crippen molar-refractivity contribution in [3.63, 3.8) is 0 Å². The van der Waals surface area contributed by atoms with Crippen LogP contribution < -0.4 is 0 Å². The molecule has 2 amide bonds. The molecule has 3 rings (SSSR count). The lowest BCUT2D eigenvalue weighted by Gasteiger charge is -2.42. The van der Waals surface area contributed by atoms with Gasteiger partial charge in [0.2, 0.25) is 11.8 Å². The fraction of sp³-hybridized carbons (Fsp3) is 0.600. The summed E-state index contributed by atoms with van der Waals surface area (Å²) in [5, 5.41) is 10.8. The van der Waals surface area contributed by atoms with E-state index in [1.807, 2.05) is 12.1 Å². The second-order valence-electron chi connectivity index (χ2n) is 7.61. The highest BCUT2D eigenvalue weighted by Gasteiger charge is 2.44. The summed E-state index contributed by atoms with van der Waals surface area (Å²) < 4.78 is 5.50. The number of halogens is 1. The Bertz CT molecular complexity index is 620. The summed E-state index contributed by atoms with van der Waals surface area (Å²) in [7, 11) is 0. The molecule has 1 spiro atoms. The molecule has 2 aliphatic rings. The van der Waals surface area contributed by atoms with Crippen LogP contribution in [0.2, 0.25) is 5.02 Å². The van der Waals surface area contributed by atoms with Crippen LogP contribution in [0.25, 0.3) is 0 Å². The highest BCUT2D eigenvalue weighted by Crippen LogP contribution is 2.45. The van der Waals surface area contributed by atoms with E-state index in [1.165, 1.54) is 11.3 Å². The van der Waals surface area contributed by atoms with E-state index >= 15 is 0 Å². The van der Waals surface area contributed by atoms with Crippen LogP contribution in [0.3, 0.4) is 0 Å². The third-order valence-electron chi connectivity index (χ3n) is 5.45. The van der Waals surface area contributed by atoms with Crippen molar-refractivity contribution in [2.45, 2.75) is 57.7 Å². The fourth-order valence-electron chi connectivity index (χ4n) is 4.05. The minimum Gasteiger partial charge on any atom is -0.389 e. The number of carbonyl (C=O) groups is 2. The minimum atomic E-state index is -0.879. The average molecular weight is 380 g/mol. The molecule has 1 aliphatic heterocycles. The zero-order valence-electron chi connectivity index (χ0n) is 15.0. The third-order valence-corrected chi connectivity index (χ3v) is 5.71. The Labute approximate surface area is 159 Å². The topological polar surface area (TPSA) is 66.8 Å². The summed E-state index contributed by atoms with van der Waals surface area (Å²) in [6.07, 6.45) is 5.29. The average Bonchev–Trinajstić information content (AvgIpc) is 2.61. The quantitative estimate of drug-likeness (QED) is 0.770. The summed E-state index contributed by atoms with van der Waals surface area (Å²) in [6, 6.07) is 7.28. The smallest absolute Gasteiger partial charge is 0.229 e. The molecule has 5 nitrogen and oxygen atoms in total. The van der Waals surface area contributed by atoms with Crippen LogP contribution >= 0.6 is 11.6 Å². The predicted molar refractivity (Wildman–Crippen MR) is 98.6 cm³/mol. The van der Waals surface area contributed by atoms with E-state index < -0.39 is 6.10 Å². The molecule has 1 aromatic rings. The van der Waals surface area contributed by atoms with Gasteiger partial charge in [-0.25, -0.2) is 0 Å². The van der Waals surface area contributed by atoms with Crippen molar-refractivity contribution in [3.8, 4) is 0 Å². The molecule has 0 bridgehead atoms. The van der Waals surface area contributed by atoms with E-state index in [2.05, 4.69) is 0 Å². The van der Waals surface area contributed by atoms with E-state index in [-0.39, 0.29) is 30.4 Å². The van der Waals surface area contributed by atoms with Gasteiger partial charge in [0.05, 0.1) is 25.9 Å². The maximum Gasteiger partial charge on any atom is 0.229 e. The molecule has 1 N–H and O–H groups in total. The number of β-amino-alcohol motifs (C(OH)–C–C–N with tert-alkyl or cyclic N) is 1. The summed E-state index contributed by atoms with van der Waals surface area (Å²) >= 11 is 5.84. The van der Waals surface area contributed by atoms with Gasteiger partial charge in [-0.2, -0.15) is 0 Å². The maximum atomic E-state index is 12.5. The van der Waals surface area contributed by atoms with E-state index in [0.29, 0.717) is 24.5 Å². The van der Waals surface area contributed by atoms with Gasteiger partial charge in [0.25, 0.3) is 0 Å². The lowest BCUT2D eigenvalue weighted by Crippen LogP contribution is -2.51. The lowest BCUT2D eigenvalue weighted by molar-refractivity contribution is -0.157. The molecular formula is C20H26ClNO4. The van der Waals surface area contributed by atoms with E-state index in [9.17, 15) is 14.7 Å². The molecule has 26 heavy (non-hydrogen) atoms. The summed E-state index contributed by atoms with van der Waals surface area (Å²) in [5.41, 5.74) is 0.824. The molecule has 1 aromatic carbocycles. The molecule has 1 heterocycles. The van der Waals surface area contributed by atoms with Crippen molar-refractivity contribution >= 4 is 23.4 Å². The number of carbonyl (C=O) groups excluding carboxylic acids is 2. The zero-order chi connectivity index (χ0) is 18.6. The van der Waals surface area contributed by atoms with Crippen molar-refractivity contribution in [2.75, 3.05) is 13.2 Å². The van der Waals surface area contributed by atoms with E-state index in [0.717, 1.165) is 31.2 Å². The fourth-order valence-corrected chi connectivity index (χ4v) is 4.18. The zero-order valence-corrected chi connectivity index (χ0v) is 15.7. The van der Waals surface area contributed by atoms with E-state index in [4.69, 9.17) is 16.3 Å². The number of ether oxygens (including phenoxy) is 1. The van der Waals surface area contributed by atoms with Crippen LogP contribution in [0.5, 0.6) is 0 Å². The first-order valence-corrected chi connectivity index (χ1v) is 9.69. The second kappa shape index (κ2) is 8.51. The van der Waals surface area contributed by atoms with Gasteiger partial charge in [-0.3, -0.25) is 14.5 Å². The standard InChI is InChI=1S/C20H26ClNO4/c21-16-6-4-15(5-7-16)13-26-14-17(23)12-22-18(24)10-20(11-19(22)25)8-2-1-3-9-20/h4-7,17,23H,1-3,8-14H2/t17-/m1/s1. The highest BCUT2D eigenvalue weighted by atomic mass is 35.5. The van der Waals surface area contributed by atoms with Crippen LogP contribution in [-0.4, -0.2) is 41.1 Å². The largest absolute Gasteiger partial charge is 0.389 e. The molecule has 1 saturated carbocycles. The lowest BCUT2D eigenvalue weighted by atomic mass is 9.67. The SMILES string of the molecule is O=C1CC2(CCCCC2)CC(=O)N1C[C@@H](O)COCc1ccc(Cl)cc1. The number of hydrogen-bond acceptors (Lipinski definition) is 4.